The third-order valence-electron chi connectivity index (χ3n) is 2.04. The molecule has 6 N–H and O–H groups in total. The molecule has 0 aromatic rings. The molecule has 0 amide bonds. The van der Waals surface area contributed by atoms with Crippen molar-refractivity contribution in [3.05, 3.63) is 0 Å². The first-order valence-electron chi connectivity index (χ1n) is 4.06. The lowest BCUT2D eigenvalue weighted by molar-refractivity contribution is -0.702. The van der Waals surface area contributed by atoms with Gasteiger partial charge in [0.1, 0.15) is 31.0 Å². The van der Waals surface area contributed by atoms with Crippen LogP contribution in [0.3, 0.4) is 0 Å². The molecule has 72 valence electrons. The van der Waals surface area contributed by atoms with Gasteiger partial charge in [0.15, 0.2) is 9.84 Å². The summed E-state index contributed by atoms with van der Waals surface area (Å²) in [4.78, 5) is 0. The van der Waals surface area contributed by atoms with Gasteiger partial charge in [-0.15, -0.1) is 0 Å². The zero-order valence-corrected chi connectivity index (χ0v) is 7.76. The molecule has 6 heteroatoms. The zero-order valence-electron chi connectivity index (χ0n) is 6.94. The van der Waals surface area contributed by atoms with Crippen LogP contribution in [0.2, 0.25) is 0 Å². The van der Waals surface area contributed by atoms with E-state index in [1.54, 1.807) is 0 Å². The Morgan fingerprint density at radius 3 is 2.58 bits per heavy atom. The van der Waals surface area contributed by atoms with E-state index in [2.05, 4.69) is 5.73 Å². The summed E-state index contributed by atoms with van der Waals surface area (Å²) in [6.45, 7) is 1.53. The van der Waals surface area contributed by atoms with E-state index in [0.717, 1.165) is 13.1 Å². The van der Waals surface area contributed by atoms with Crippen molar-refractivity contribution in [2.75, 3.05) is 24.6 Å². The summed E-state index contributed by atoms with van der Waals surface area (Å²) in [5, 5.41) is 11.2. The molecule has 2 atom stereocenters. The summed E-state index contributed by atoms with van der Waals surface area (Å²) in [6.07, 6.45) is -0.693. The average molecular weight is 196 g/mol. The van der Waals surface area contributed by atoms with Crippen LogP contribution in [0.5, 0.6) is 0 Å². The molecule has 1 aliphatic rings. The van der Waals surface area contributed by atoms with Crippen LogP contribution < -0.4 is 11.1 Å². The van der Waals surface area contributed by atoms with Gasteiger partial charge >= 0.3 is 0 Å². The van der Waals surface area contributed by atoms with Gasteiger partial charge in [0, 0.05) is 0 Å². The number of quaternary nitrogens is 2. The molecule has 0 aromatic carbocycles. The number of nitrogens with two attached hydrogens (primary N) is 1. The van der Waals surface area contributed by atoms with E-state index in [0.29, 0.717) is 0 Å². The van der Waals surface area contributed by atoms with Crippen LogP contribution in [0.4, 0.5) is 0 Å². The fourth-order valence-corrected chi connectivity index (χ4v) is 3.26. The van der Waals surface area contributed by atoms with E-state index in [1.165, 1.54) is 0 Å². The summed E-state index contributed by atoms with van der Waals surface area (Å²) in [7, 11) is -2.98. The lowest BCUT2D eigenvalue weighted by Crippen LogP contribution is -2.95. The van der Waals surface area contributed by atoms with E-state index in [9.17, 15) is 13.5 Å². The van der Waals surface area contributed by atoms with Gasteiger partial charge in [0.25, 0.3) is 0 Å². The van der Waals surface area contributed by atoms with Crippen LogP contribution in [0.25, 0.3) is 0 Å². The number of hydrogen-bond donors (Lipinski definition) is 3. The lowest BCUT2D eigenvalue weighted by Gasteiger charge is -2.09. The van der Waals surface area contributed by atoms with Crippen LogP contribution in [-0.4, -0.2) is 50.3 Å². The maximum atomic E-state index is 11.0. The minimum Gasteiger partial charge on any atom is -0.386 e. The third-order valence-corrected chi connectivity index (χ3v) is 3.78. The Morgan fingerprint density at radius 2 is 2.17 bits per heavy atom. The zero-order chi connectivity index (χ0) is 9.19. The largest absolute Gasteiger partial charge is 0.386 e. The average Bonchev–Trinajstić information content (AvgIpc) is 2.20. The first-order valence-corrected chi connectivity index (χ1v) is 5.88. The van der Waals surface area contributed by atoms with Crippen molar-refractivity contribution in [3.63, 3.8) is 0 Å². The van der Waals surface area contributed by atoms with Crippen LogP contribution >= 0.6 is 0 Å². The Kier molecular flexibility index (Phi) is 3.05. The van der Waals surface area contributed by atoms with E-state index < -0.39 is 15.9 Å². The smallest absolute Gasteiger partial charge is 0.159 e. The fourth-order valence-electron chi connectivity index (χ4n) is 1.41. The van der Waals surface area contributed by atoms with Crippen molar-refractivity contribution in [1.29, 1.82) is 0 Å². The van der Waals surface area contributed by atoms with Crippen LogP contribution in [0.1, 0.15) is 0 Å². The molecule has 0 spiro atoms. The Morgan fingerprint density at radius 1 is 1.50 bits per heavy atom. The molecule has 12 heavy (non-hydrogen) atoms. The maximum Gasteiger partial charge on any atom is 0.159 e. The summed E-state index contributed by atoms with van der Waals surface area (Å²) >= 11 is 0. The van der Waals surface area contributed by atoms with Gasteiger partial charge in [0.2, 0.25) is 0 Å². The lowest BCUT2D eigenvalue weighted by atomic mass is 10.2. The number of aliphatic hydroxyl groups excluding tert-OH is 1. The van der Waals surface area contributed by atoms with Crippen molar-refractivity contribution >= 4 is 9.84 Å². The Labute approximate surface area is 71.9 Å². The molecular weight excluding hydrogens is 180 g/mol. The molecular formula is C6H16N2O3S+2. The molecule has 0 aromatic heterocycles. The van der Waals surface area contributed by atoms with Crippen LogP contribution in [0.15, 0.2) is 0 Å². The van der Waals surface area contributed by atoms with Gasteiger partial charge in [-0.1, -0.05) is 0 Å². The first-order chi connectivity index (χ1) is 5.55. The molecule has 1 fully saturated rings. The quantitative estimate of drug-likeness (QED) is 0.428. The molecule has 0 aliphatic carbocycles. The van der Waals surface area contributed by atoms with Gasteiger partial charge < -0.3 is 16.2 Å². The van der Waals surface area contributed by atoms with Gasteiger partial charge in [-0.2, -0.15) is 0 Å². The standard InChI is InChI=1S/C6H14N2O3S/c7-1-2-8-5-3-12(10,11)4-6(5)9/h5-6,8-9H,1-4,7H2/p+2. The molecule has 0 saturated carbocycles. The van der Waals surface area contributed by atoms with E-state index in [-0.39, 0.29) is 17.5 Å². The highest BCUT2D eigenvalue weighted by atomic mass is 32.2. The summed E-state index contributed by atoms with van der Waals surface area (Å²) in [5.41, 5.74) is 3.65. The Hall–Kier alpha value is -0.170. The molecule has 1 saturated heterocycles. The molecule has 1 rings (SSSR count). The Balaban J connectivity index is 2.47. The monoisotopic (exact) mass is 196 g/mol. The van der Waals surface area contributed by atoms with Gasteiger partial charge in [-0.3, -0.25) is 0 Å². The van der Waals surface area contributed by atoms with Gasteiger partial charge in [0.05, 0.1) is 5.75 Å². The predicted molar refractivity (Wildman–Crippen MR) is 43.0 cm³/mol. The fraction of sp³-hybridized carbons (Fsp3) is 1.00. The van der Waals surface area contributed by atoms with Crippen molar-refractivity contribution in [3.8, 4) is 0 Å². The highest BCUT2D eigenvalue weighted by molar-refractivity contribution is 7.91. The summed E-state index contributed by atoms with van der Waals surface area (Å²) in [6, 6.07) is -0.170. The summed E-state index contributed by atoms with van der Waals surface area (Å²) < 4.78 is 22.0. The second-order valence-corrected chi connectivity index (χ2v) is 5.34. The van der Waals surface area contributed by atoms with E-state index in [1.807, 2.05) is 5.32 Å². The third kappa shape index (κ3) is 2.41. The second-order valence-electron chi connectivity index (χ2n) is 3.19. The molecule has 0 bridgehead atoms. The molecule has 1 heterocycles. The number of hydrogen-bond acceptors (Lipinski definition) is 3. The second kappa shape index (κ2) is 3.69. The SMILES string of the molecule is [NH3+]CC[NH2+]C1CS(=O)(=O)CC1O. The first kappa shape index (κ1) is 9.91. The van der Waals surface area contributed by atoms with Crippen molar-refractivity contribution in [1.82, 2.24) is 0 Å². The van der Waals surface area contributed by atoms with Crippen molar-refractivity contribution in [2.24, 2.45) is 0 Å². The topological polar surface area (TPSA) is 98.6 Å². The highest BCUT2D eigenvalue weighted by Crippen LogP contribution is 2.08. The molecule has 1 aliphatic heterocycles. The molecule has 2 unspecified atom stereocenters. The van der Waals surface area contributed by atoms with E-state index >= 15 is 0 Å². The van der Waals surface area contributed by atoms with Crippen LogP contribution in [0, 0.1) is 0 Å². The number of aliphatic hydroxyl groups is 1. The van der Waals surface area contributed by atoms with Crippen molar-refractivity contribution in [2.45, 2.75) is 12.1 Å². The van der Waals surface area contributed by atoms with Crippen LogP contribution in [-0.2, 0) is 9.84 Å². The molecule has 0 radical (unpaired) electrons. The highest BCUT2D eigenvalue weighted by Gasteiger charge is 2.38. The van der Waals surface area contributed by atoms with Crippen molar-refractivity contribution < 1.29 is 24.6 Å². The number of sulfone groups is 1. The molecule has 5 nitrogen and oxygen atoms in total. The maximum absolute atomic E-state index is 11.0. The van der Waals surface area contributed by atoms with Gasteiger partial charge in [-0.05, 0) is 0 Å². The normalized spacial score (nSPS) is 33.8. The summed E-state index contributed by atoms with van der Waals surface area (Å²) in [5.74, 6) is 0.0273. The predicted octanol–water partition coefficient (Wildman–Crippen LogP) is -4.05. The van der Waals surface area contributed by atoms with E-state index in [4.69, 9.17) is 0 Å². The minimum absolute atomic E-state index is 0.0781. The minimum atomic E-state index is -2.98. The number of rotatable bonds is 3. The van der Waals surface area contributed by atoms with Gasteiger partial charge in [-0.25, -0.2) is 8.42 Å². The Bertz CT molecular complexity index is 239.